The molecule has 3 rings (SSSR count). The van der Waals surface area contributed by atoms with Gasteiger partial charge in [0.05, 0.1) is 0 Å². The van der Waals surface area contributed by atoms with E-state index in [4.69, 9.17) is 9.47 Å². The lowest BCUT2D eigenvalue weighted by Crippen LogP contribution is -2.49. The maximum absolute atomic E-state index is 13.1. The number of ether oxygens (including phenoxy) is 2. The van der Waals surface area contributed by atoms with E-state index in [0.29, 0.717) is 38.0 Å². The number of fused-ring (bicyclic) bond motifs is 1. The number of nitrogens with zero attached hydrogens (tertiary/aromatic N) is 1. The first-order valence-electron chi connectivity index (χ1n) is 10.1. The highest BCUT2D eigenvalue weighted by Crippen LogP contribution is 2.32. The number of likely N-dealkylation sites (N-methyl/N-ethyl adjacent to an activating group) is 1. The molecule has 6 nitrogen and oxygen atoms in total. The molecule has 2 aromatic carbocycles. The number of rotatable bonds is 9. The normalized spacial score (nSPS) is 13.0. The molecule has 154 valence electrons. The van der Waals surface area contributed by atoms with Crippen LogP contribution in [0.4, 0.5) is 0 Å². The molecule has 2 amide bonds. The maximum atomic E-state index is 13.1. The number of hydrogen-bond donors (Lipinski definition) is 1. The predicted molar refractivity (Wildman–Crippen MR) is 111 cm³/mol. The molecule has 1 aliphatic heterocycles. The highest BCUT2D eigenvalue weighted by Gasteiger charge is 2.27. The number of aryl methyl sites for hydroxylation is 1. The van der Waals surface area contributed by atoms with Crippen molar-refractivity contribution in [2.45, 2.75) is 38.6 Å². The Bertz CT molecular complexity index is 838. The van der Waals surface area contributed by atoms with E-state index in [-0.39, 0.29) is 18.6 Å². The van der Waals surface area contributed by atoms with Crippen LogP contribution in [-0.4, -0.2) is 43.1 Å². The van der Waals surface area contributed by atoms with Crippen molar-refractivity contribution in [3.8, 4) is 11.5 Å². The van der Waals surface area contributed by atoms with E-state index in [2.05, 4.69) is 5.32 Å². The van der Waals surface area contributed by atoms with Crippen LogP contribution in [0.5, 0.6) is 11.5 Å². The molecule has 0 saturated heterocycles. The van der Waals surface area contributed by atoms with Crippen molar-refractivity contribution in [1.29, 1.82) is 0 Å². The smallest absolute Gasteiger partial charge is 0.242 e. The summed E-state index contributed by atoms with van der Waals surface area (Å²) < 4.78 is 10.7. The molecule has 0 fully saturated rings. The fourth-order valence-electron chi connectivity index (χ4n) is 3.55. The van der Waals surface area contributed by atoms with Crippen LogP contribution in [0.1, 0.15) is 30.9 Å². The van der Waals surface area contributed by atoms with Crippen molar-refractivity contribution < 1.29 is 19.1 Å². The van der Waals surface area contributed by atoms with Gasteiger partial charge < -0.3 is 19.7 Å². The zero-order valence-electron chi connectivity index (χ0n) is 17.0. The van der Waals surface area contributed by atoms with Gasteiger partial charge in [-0.25, -0.2) is 0 Å². The fourth-order valence-corrected chi connectivity index (χ4v) is 3.55. The molecule has 0 aromatic heterocycles. The Morgan fingerprint density at radius 1 is 1.03 bits per heavy atom. The Hall–Kier alpha value is -3.02. The van der Waals surface area contributed by atoms with E-state index in [1.54, 1.807) is 11.9 Å². The van der Waals surface area contributed by atoms with E-state index in [1.807, 2.05) is 55.5 Å². The molecule has 0 unspecified atom stereocenters. The summed E-state index contributed by atoms with van der Waals surface area (Å²) in [6.07, 6.45) is 2.21. The molecule has 0 saturated carbocycles. The third-order valence-electron chi connectivity index (χ3n) is 5.18. The van der Waals surface area contributed by atoms with Gasteiger partial charge in [-0.1, -0.05) is 43.3 Å². The molecule has 0 spiro atoms. The second-order valence-electron chi connectivity index (χ2n) is 7.05. The zero-order valence-corrected chi connectivity index (χ0v) is 17.0. The lowest BCUT2D eigenvalue weighted by Gasteiger charge is -2.30. The van der Waals surface area contributed by atoms with Gasteiger partial charge >= 0.3 is 0 Å². The first-order chi connectivity index (χ1) is 14.1. The van der Waals surface area contributed by atoms with E-state index in [9.17, 15) is 9.59 Å². The second kappa shape index (κ2) is 9.96. The van der Waals surface area contributed by atoms with Crippen LogP contribution >= 0.6 is 0 Å². The number of carbonyl (C=O) groups excluding carboxylic acids is 2. The van der Waals surface area contributed by atoms with Gasteiger partial charge in [0.1, 0.15) is 6.04 Å². The molecule has 6 heteroatoms. The predicted octanol–water partition coefficient (Wildman–Crippen LogP) is 2.94. The third kappa shape index (κ3) is 5.28. The molecule has 1 atom stereocenters. The summed E-state index contributed by atoms with van der Waals surface area (Å²) in [5, 5.41) is 2.69. The summed E-state index contributed by atoms with van der Waals surface area (Å²) in [7, 11) is 1.61. The van der Waals surface area contributed by atoms with Crippen LogP contribution in [0.15, 0.2) is 48.5 Å². The van der Waals surface area contributed by atoms with Crippen LogP contribution in [-0.2, 0) is 22.4 Å². The van der Waals surface area contributed by atoms with Gasteiger partial charge in [0, 0.05) is 20.0 Å². The molecule has 1 aliphatic rings. The molecule has 0 bridgehead atoms. The molecule has 29 heavy (non-hydrogen) atoms. The van der Waals surface area contributed by atoms with Crippen LogP contribution in [0, 0.1) is 0 Å². The van der Waals surface area contributed by atoms with E-state index in [0.717, 1.165) is 16.9 Å². The number of carbonyl (C=O) groups is 2. The molecule has 1 N–H and O–H groups in total. The largest absolute Gasteiger partial charge is 0.454 e. The fraction of sp³-hybridized carbons (Fsp3) is 0.391. The Labute approximate surface area is 171 Å². The lowest BCUT2D eigenvalue weighted by atomic mass is 10.1. The van der Waals surface area contributed by atoms with Crippen molar-refractivity contribution in [3.05, 3.63) is 59.7 Å². The van der Waals surface area contributed by atoms with Crippen molar-refractivity contribution in [1.82, 2.24) is 10.2 Å². The quantitative estimate of drug-likeness (QED) is 0.708. The van der Waals surface area contributed by atoms with Crippen LogP contribution in [0.2, 0.25) is 0 Å². The van der Waals surface area contributed by atoms with Crippen molar-refractivity contribution in [3.63, 3.8) is 0 Å². The highest BCUT2D eigenvalue weighted by atomic mass is 16.7. The maximum Gasteiger partial charge on any atom is 0.242 e. The highest BCUT2D eigenvalue weighted by molar-refractivity contribution is 5.87. The van der Waals surface area contributed by atoms with E-state index >= 15 is 0 Å². The number of benzene rings is 2. The summed E-state index contributed by atoms with van der Waals surface area (Å²) in [5.41, 5.74) is 2.16. The Morgan fingerprint density at radius 3 is 2.52 bits per heavy atom. The monoisotopic (exact) mass is 396 g/mol. The first-order valence-corrected chi connectivity index (χ1v) is 10.1. The number of hydrogen-bond acceptors (Lipinski definition) is 4. The van der Waals surface area contributed by atoms with Gasteiger partial charge in [0.15, 0.2) is 11.5 Å². The van der Waals surface area contributed by atoms with Gasteiger partial charge in [-0.2, -0.15) is 0 Å². The third-order valence-corrected chi connectivity index (χ3v) is 5.18. The minimum absolute atomic E-state index is 0.0194. The average Bonchev–Trinajstić information content (AvgIpc) is 3.23. The molecule has 2 aromatic rings. The summed E-state index contributed by atoms with van der Waals surface area (Å²) in [6.45, 7) is 2.67. The van der Waals surface area contributed by atoms with Crippen LogP contribution < -0.4 is 14.8 Å². The summed E-state index contributed by atoms with van der Waals surface area (Å²) >= 11 is 0. The van der Waals surface area contributed by atoms with Crippen LogP contribution in [0.3, 0.4) is 0 Å². The number of nitrogens with one attached hydrogen (secondary N) is 1. The minimum Gasteiger partial charge on any atom is -0.454 e. The van der Waals surface area contributed by atoms with Crippen molar-refractivity contribution in [2.24, 2.45) is 0 Å². The van der Waals surface area contributed by atoms with Gasteiger partial charge in [-0.15, -0.1) is 0 Å². The van der Waals surface area contributed by atoms with Gasteiger partial charge in [0.25, 0.3) is 0 Å². The minimum atomic E-state index is -0.465. The Kier molecular flexibility index (Phi) is 7.11. The average molecular weight is 396 g/mol. The summed E-state index contributed by atoms with van der Waals surface area (Å²) in [5.74, 6) is 1.30. The molecule has 1 heterocycles. The number of amides is 2. The summed E-state index contributed by atoms with van der Waals surface area (Å²) in [4.78, 5) is 27.2. The summed E-state index contributed by atoms with van der Waals surface area (Å²) in [6, 6.07) is 15.3. The molecular formula is C23H28N2O4. The van der Waals surface area contributed by atoms with Gasteiger partial charge in [-0.3, -0.25) is 9.59 Å². The second-order valence-corrected chi connectivity index (χ2v) is 7.05. The van der Waals surface area contributed by atoms with Crippen molar-refractivity contribution >= 4 is 11.8 Å². The zero-order chi connectivity index (χ0) is 20.6. The molecule has 0 radical (unpaired) electrons. The standard InChI is InChI=1S/C23H28N2O4/c1-3-19(23(27)24-2)25(14-13-17-7-5-4-6-8-17)22(26)12-10-18-9-11-20-21(15-18)29-16-28-20/h4-9,11,15,19H,3,10,12-14,16H2,1-2H3,(H,24,27)/t19-/m1/s1. The van der Waals surface area contributed by atoms with Crippen LogP contribution in [0.25, 0.3) is 0 Å². The SMILES string of the molecule is CC[C@H](C(=O)NC)N(CCc1ccccc1)C(=O)CCc1ccc2c(c1)OCO2. The van der Waals surface area contributed by atoms with E-state index < -0.39 is 6.04 Å². The van der Waals surface area contributed by atoms with E-state index in [1.165, 1.54) is 0 Å². The lowest BCUT2D eigenvalue weighted by molar-refractivity contribution is -0.140. The van der Waals surface area contributed by atoms with Crippen molar-refractivity contribution in [2.75, 3.05) is 20.4 Å². The molecular weight excluding hydrogens is 368 g/mol. The van der Waals surface area contributed by atoms with Gasteiger partial charge in [0.2, 0.25) is 18.6 Å². The Morgan fingerprint density at radius 2 is 1.79 bits per heavy atom. The Balaban J connectivity index is 1.67. The van der Waals surface area contributed by atoms with Gasteiger partial charge in [-0.05, 0) is 42.5 Å². The first kappa shape index (κ1) is 20.7. The topological polar surface area (TPSA) is 67.9 Å². The molecule has 0 aliphatic carbocycles.